The van der Waals surface area contributed by atoms with Crippen LogP contribution in [0.1, 0.15) is 45.2 Å². The quantitative estimate of drug-likeness (QED) is 0.623. The molecule has 6 nitrogen and oxygen atoms in total. The van der Waals surface area contributed by atoms with Crippen molar-refractivity contribution in [2.75, 3.05) is 0 Å². The molecule has 0 aliphatic carbocycles. The van der Waals surface area contributed by atoms with Crippen LogP contribution in [-0.2, 0) is 17.8 Å². The summed E-state index contributed by atoms with van der Waals surface area (Å²) >= 11 is 0. The van der Waals surface area contributed by atoms with Gasteiger partial charge in [-0.25, -0.2) is 4.79 Å². The lowest BCUT2D eigenvalue weighted by Gasteiger charge is -2.19. The van der Waals surface area contributed by atoms with Gasteiger partial charge in [0.05, 0.1) is 10.9 Å². The average Bonchev–Trinajstić information content (AvgIpc) is 2.76. The van der Waals surface area contributed by atoms with Gasteiger partial charge in [0.15, 0.2) is 0 Å². The maximum Gasteiger partial charge on any atom is 0.332 e. The molecule has 0 radical (unpaired) electrons. The first-order valence-corrected chi connectivity index (χ1v) is 10.5. The number of rotatable bonds is 8. The van der Waals surface area contributed by atoms with Gasteiger partial charge in [-0.2, -0.15) is 0 Å². The summed E-state index contributed by atoms with van der Waals surface area (Å²) in [6, 6.07) is 16.8. The smallest absolute Gasteiger partial charge is 0.332 e. The molecular formula is C24H29N3O3. The molecule has 0 saturated carbocycles. The fourth-order valence-corrected chi connectivity index (χ4v) is 3.63. The molecule has 0 unspecified atom stereocenters. The van der Waals surface area contributed by atoms with E-state index in [9.17, 15) is 14.4 Å². The first-order chi connectivity index (χ1) is 14.4. The van der Waals surface area contributed by atoms with Crippen LogP contribution in [0.25, 0.3) is 10.9 Å². The summed E-state index contributed by atoms with van der Waals surface area (Å²) in [7, 11) is 0. The molecule has 2 atom stereocenters. The molecule has 0 saturated heterocycles. The fraction of sp³-hybridized carbons (Fsp3) is 0.375. The van der Waals surface area contributed by atoms with Crippen molar-refractivity contribution in [2.45, 2.75) is 58.7 Å². The number of carbonyl (C=O) groups is 1. The second-order valence-corrected chi connectivity index (χ2v) is 7.81. The van der Waals surface area contributed by atoms with Crippen molar-refractivity contribution < 1.29 is 4.79 Å². The average molecular weight is 408 g/mol. The van der Waals surface area contributed by atoms with Gasteiger partial charge in [0.25, 0.3) is 5.56 Å². The highest BCUT2D eigenvalue weighted by Crippen LogP contribution is 2.11. The minimum atomic E-state index is -0.444. The first kappa shape index (κ1) is 21.6. The van der Waals surface area contributed by atoms with Crippen LogP contribution in [-0.4, -0.2) is 21.1 Å². The third-order valence-corrected chi connectivity index (χ3v) is 5.53. The number of hydrogen-bond acceptors (Lipinski definition) is 3. The van der Waals surface area contributed by atoms with Crippen LogP contribution >= 0.6 is 0 Å². The molecule has 0 fully saturated rings. The van der Waals surface area contributed by atoms with E-state index in [-0.39, 0.29) is 30.1 Å². The Kier molecular flexibility index (Phi) is 6.87. The normalized spacial score (nSPS) is 13.2. The van der Waals surface area contributed by atoms with Gasteiger partial charge in [-0.15, -0.1) is 0 Å². The summed E-state index contributed by atoms with van der Waals surface area (Å²) in [4.78, 5) is 38.6. The lowest BCUT2D eigenvalue weighted by Crippen LogP contribution is -2.44. The van der Waals surface area contributed by atoms with E-state index in [2.05, 4.69) is 17.4 Å². The van der Waals surface area contributed by atoms with Crippen LogP contribution in [0.4, 0.5) is 0 Å². The molecule has 158 valence electrons. The molecule has 0 aliphatic rings. The maximum absolute atomic E-state index is 13.1. The Morgan fingerprint density at radius 2 is 1.67 bits per heavy atom. The summed E-state index contributed by atoms with van der Waals surface area (Å²) in [5.41, 5.74) is 0.957. The molecule has 2 aromatic carbocycles. The highest BCUT2D eigenvalue weighted by atomic mass is 16.2. The SMILES string of the molecule is CC[C@@H](C)n1c(=O)c2ccccc2n(CC(=O)N[C@@H](C)CCc2ccccc2)c1=O. The van der Waals surface area contributed by atoms with Crippen molar-refractivity contribution >= 4 is 16.8 Å². The molecule has 0 aliphatic heterocycles. The van der Waals surface area contributed by atoms with E-state index in [1.165, 1.54) is 14.7 Å². The van der Waals surface area contributed by atoms with Gasteiger partial charge < -0.3 is 5.32 Å². The van der Waals surface area contributed by atoms with Gasteiger partial charge in [0, 0.05) is 12.1 Å². The second kappa shape index (κ2) is 9.57. The molecule has 1 amide bonds. The van der Waals surface area contributed by atoms with Crippen LogP contribution in [0.15, 0.2) is 64.2 Å². The van der Waals surface area contributed by atoms with Crippen molar-refractivity contribution in [2.24, 2.45) is 0 Å². The summed E-state index contributed by atoms with van der Waals surface area (Å²) in [5.74, 6) is -0.239. The molecule has 3 rings (SSSR count). The molecular weight excluding hydrogens is 378 g/mol. The summed E-state index contributed by atoms with van der Waals surface area (Å²) in [6.45, 7) is 5.61. The number of hydrogen-bond donors (Lipinski definition) is 1. The molecule has 0 spiro atoms. The van der Waals surface area contributed by atoms with E-state index >= 15 is 0 Å². The standard InChI is InChI=1S/C24H29N3O3/c1-4-18(3)27-23(29)20-12-8-9-13-21(20)26(24(27)30)16-22(28)25-17(2)14-15-19-10-6-5-7-11-19/h5-13,17-18H,4,14-16H2,1-3H3,(H,25,28)/t17-,18+/m0/s1. The van der Waals surface area contributed by atoms with E-state index in [1.54, 1.807) is 24.3 Å². The number of para-hydroxylation sites is 1. The lowest BCUT2D eigenvalue weighted by molar-refractivity contribution is -0.122. The topological polar surface area (TPSA) is 73.1 Å². The highest BCUT2D eigenvalue weighted by Gasteiger charge is 2.18. The van der Waals surface area contributed by atoms with Crippen molar-refractivity contribution in [1.29, 1.82) is 0 Å². The van der Waals surface area contributed by atoms with Crippen LogP contribution in [0.5, 0.6) is 0 Å². The number of benzene rings is 2. The molecule has 3 aromatic rings. The summed E-state index contributed by atoms with van der Waals surface area (Å²) in [5, 5.41) is 3.43. The largest absolute Gasteiger partial charge is 0.352 e. The third-order valence-electron chi connectivity index (χ3n) is 5.53. The minimum Gasteiger partial charge on any atom is -0.352 e. The maximum atomic E-state index is 13.1. The van der Waals surface area contributed by atoms with Gasteiger partial charge in [-0.1, -0.05) is 49.4 Å². The number of nitrogens with zero attached hydrogens (tertiary/aromatic N) is 2. The van der Waals surface area contributed by atoms with Crippen LogP contribution in [0, 0.1) is 0 Å². The van der Waals surface area contributed by atoms with E-state index in [0.717, 1.165) is 12.8 Å². The van der Waals surface area contributed by atoms with Gasteiger partial charge in [-0.3, -0.25) is 18.7 Å². The van der Waals surface area contributed by atoms with Crippen molar-refractivity contribution in [3.63, 3.8) is 0 Å². The highest BCUT2D eigenvalue weighted by molar-refractivity contribution is 5.81. The Morgan fingerprint density at radius 1 is 1.00 bits per heavy atom. The number of aryl methyl sites for hydroxylation is 1. The van der Waals surface area contributed by atoms with Gasteiger partial charge in [0.1, 0.15) is 6.54 Å². The fourth-order valence-electron chi connectivity index (χ4n) is 3.63. The minimum absolute atomic E-state index is 0.0276. The zero-order valence-corrected chi connectivity index (χ0v) is 17.8. The summed E-state index contributed by atoms with van der Waals surface area (Å²) < 4.78 is 2.66. The number of aromatic nitrogens is 2. The Balaban J connectivity index is 1.81. The lowest BCUT2D eigenvalue weighted by atomic mass is 10.1. The van der Waals surface area contributed by atoms with Crippen molar-refractivity contribution in [3.8, 4) is 0 Å². The third kappa shape index (κ3) is 4.70. The monoisotopic (exact) mass is 407 g/mol. The van der Waals surface area contributed by atoms with Gasteiger partial charge in [-0.05, 0) is 50.8 Å². The van der Waals surface area contributed by atoms with Crippen LogP contribution < -0.4 is 16.6 Å². The van der Waals surface area contributed by atoms with Crippen LogP contribution in [0.3, 0.4) is 0 Å². The second-order valence-electron chi connectivity index (χ2n) is 7.81. The summed E-state index contributed by atoms with van der Waals surface area (Å²) in [6.07, 6.45) is 2.32. The number of amides is 1. The Labute approximate surface area is 176 Å². The van der Waals surface area contributed by atoms with Crippen molar-refractivity contribution in [1.82, 2.24) is 14.5 Å². The van der Waals surface area contributed by atoms with Gasteiger partial charge in [0.2, 0.25) is 5.91 Å². The van der Waals surface area contributed by atoms with E-state index < -0.39 is 5.69 Å². The molecule has 1 heterocycles. The predicted octanol–water partition coefficient (Wildman–Crippen LogP) is 3.27. The van der Waals surface area contributed by atoms with E-state index in [1.807, 2.05) is 39.0 Å². The Morgan fingerprint density at radius 3 is 2.37 bits per heavy atom. The zero-order chi connectivity index (χ0) is 21.7. The Bertz CT molecular complexity index is 1130. The van der Waals surface area contributed by atoms with E-state index in [4.69, 9.17) is 0 Å². The number of carbonyl (C=O) groups excluding carboxylic acids is 1. The number of fused-ring (bicyclic) bond motifs is 1. The Hall–Kier alpha value is -3.15. The van der Waals surface area contributed by atoms with E-state index in [0.29, 0.717) is 17.3 Å². The molecule has 1 N–H and O–H groups in total. The van der Waals surface area contributed by atoms with Gasteiger partial charge >= 0.3 is 5.69 Å². The molecule has 0 bridgehead atoms. The zero-order valence-electron chi connectivity index (χ0n) is 17.8. The van der Waals surface area contributed by atoms with Crippen LogP contribution in [0.2, 0.25) is 0 Å². The molecule has 30 heavy (non-hydrogen) atoms. The van der Waals surface area contributed by atoms with Crippen molar-refractivity contribution in [3.05, 3.63) is 81.0 Å². The molecule has 1 aromatic heterocycles. The predicted molar refractivity (Wildman–Crippen MR) is 120 cm³/mol. The first-order valence-electron chi connectivity index (χ1n) is 10.5. The number of nitrogens with one attached hydrogen (secondary N) is 1. The molecule has 6 heteroatoms.